The molecular weight excluding hydrogens is 201 g/mol. The standard InChI is InChI=1S/C7H7F3N2O2/c1-2-3-4(6(13)14)5(12-11-3)7(8,9)10/h2H2,1H3,(H,11,12)(H,13,14)/p-1. The Labute approximate surface area is 76.7 Å². The van der Waals surface area contributed by atoms with Crippen molar-refractivity contribution in [2.45, 2.75) is 19.5 Å². The Hall–Kier alpha value is -1.53. The fourth-order valence-electron chi connectivity index (χ4n) is 1.06. The maximum Gasteiger partial charge on any atom is 0.435 e. The van der Waals surface area contributed by atoms with E-state index in [1.165, 1.54) is 6.92 Å². The van der Waals surface area contributed by atoms with Crippen LogP contribution in [0.15, 0.2) is 0 Å². The van der Waals surface area contributed by atoms with Gasteiger partial charge in [-0.05, 0) is 6.42 Å². The van der Waals surface area contributed by atoms with Crippen molar-refractivity contribution in [1.82, 2.24) is 10.2 Å². The van der Waals surface area contributed by atoms with E-state index in [0.717, 1.165) is 0 Å². The lowest BCUT2D eigenvalue weighted by molar-refractivity contribution is -0.255. The highest BCUT2D eigenvalue weighted by Gasteiger charge is 2.38. The van der Waals surface area contributed by atoms with E-state index in [9.17, 15) is 23.1 Å². The predicted octanol–water partition coefficient (Wildman–Crippen LogP) is 0.354. The Morgan fingerprint density at radius 3 is 2.50 bits per heavy atom. The molecule has 0 bridgehead atoms. The minimum Gasteiger partial charge on any atom is -0.545 e. The Balaban J connectivity index is 3.32. The zero-order valence-corrected chi connectivity index (χ0v) is 7.10. The molecule has 0 radical (unpaired) electrons. The number of halogens is 3. The Kier molecular flexibility index (Phi) is 2.50. The van der Waals surface area contributed by atoms with E-state index in [0.29, 0.717) is 0 Å². The first-order valence-electron chi connectivity index (χ1n) is 3.73. The lowest BCUT2D eigenvalue weighted by Crippen LogP contribution is -2.26. The molecule has 0 aromatic carbocycles. The Morgan fingerprint density at radius 1 is 1.57 bits per heavy atom. The summed E-state index contributed by atoms with van der Waals surface area (Å²) in [6, 6.07) is 0. The van der Waals surface area contributed by atoms with Crippen LogP contribution in [-0.4, -0.2) is 16.2 Å². The molecule has 0 atom stereocenters. The summed E-state index contributed by atoms with van der Waals surface area (Å²) in [6.07, 6.45) is -4.66. The molecule has 0 saturated heterocycles. The van der Waals surface area contributed by atoms with Gasteiger partial charge in [-0.1, -0.05) is 6.92 Å². The van der Waals surface area contributed by atoms with Gasteiger partial charge in [0.05, 0.1) is 11.5 Å². The third-order valence-electron chi connectivity index (χ3n) is 1.67. The number of alkyl halides is 3. The highest BCUT2D eigenvalue weighted by Crippen LogP contribution is 2.31. The van der Waals surface area contributed by atoms with Crippen molar-refractivity contribution in [1.29, 1.82) is 0 Å². The van der Waals surface area contributed by atoms with Crippen LogP contribution in [0.1, 0.15) is 28.7 Å². The molecule has 1 rings (SSSR count). The van der Waals surface area contributed by atoms with Crippen molar-refractivity contribution >= 4 is 5.97 Å². The van der Waals surface area contributed by atoms with Gasteiger partial charge in [-0.2, -0.15) is 18.3 Å². The van der Waals surface area contributed by atoms with Crippen molar-refractivity contribution in [2.24, 2.45) is 0 Å². The second kappa shape index (κ2) is 3.32. The lowest BCUT2D eigenvalue weighted by atomic mass is 10.1. The van der Waals surface area contributed by atoms with Gasteiger partial charge in [0.2, 0.25) is 0 Å². The molecule has 0 spiro atoms. The van der Waals surface area contributed by atoms with Crippen LogP contribution in [0.3, 0.4) is 0 Å². The number of rotatable bonds is 2. The first kappa shape index (κ1) is 10.6. The highest BCUT2D eigenvalue weighted by molar-refractivity contribution is 5.88. The van der Waals surface area contributed by atoms with Gasteiger partial charge in [0.15, 0.2) is 5.69 Å². The molecule has 1 heterocycles. The average molecular weight is 207 g/mol. The Morgan fingerprint density at radius 2 is 2.14 bits per heavy atom. The van der Waals surface area contributed by atoms with Gasteiger partial charge < -0.3 is 9.90 Å². The zero-order chi connectivity index (χ0) is 10.9. The number of aromatic nitrogens is 2. The van der Waals surface area contributed by atoms with Gasteiger partial charge in [-0.15, -0.1) is 0 Å². The molecule has 0 aliphatic carbocycles. The first-order chi connectivity index (χ1) is 6.38. The van der Waals surface area contributed by atoms with Crippen molar-refractivity contribution in [3.63, 3.8) is 0 Å². The molecule has 0 saturated carbocycles. The molecule has 0 amide bonds. The van der Waals surface area contributed by atoms with Crippen LogP contribution < -0.4 is 5.11 Å². The van der Waals surface area contributed by atoms with Crippen LogP contribution in [0.2, 0.25) is 0 Å². The molecule has 1 aromatic rings. The van der Waals surface area contributed by atoms with Crippen LogP contribution in [0.25, 0.3) is 0 Å². The van der Waals surface area contributed by atoms with E-state index in [2.05, 4.69) is 5.10 Å². The number of carboxylic acid groups (broad SMARTS) is 1. The van der Waals surface area contributed by atoms with Gasteiger partial charge in [0.1, 0.15) is 0 Å². The highest BCUT2D eigenvalue weighted by atomic mass is 19.4. The SMILES string of the molecule is CCc1[nH]nc(C(F)(F)F)c1C(=O)[O-]. The number of nitrogens with zero attached hydrogens (tertiary/aromatic N) is 1. The number of carboxylic acids is 1. The van der Waals surface area contributed by atoms with Crippen LogP contribution in [0, 0.1) is 0 Å². The van der Waals surface area contributed by atoms with Gasteiger partial charge in [0, 0.05) is 5.69 Å². The molecule has 1 N–H and O–H groups in total. The van der Waals surface area contributed by atoms with Crippen LogP contribution >= 0.6 is 0 Å². The summed E-state index contributed by atoms with van der Waals surface area (Å²) < 4.78 is 36.6. The predicted molar refractivity (Wildman–Crippen MR) is 37.3 cm³/mol. The van der Waals surface area contributed by atoms with E-state index >= 15 is 0 Å². The monoisotopic (exact) mass is 207 g/mol. The maximum atomic E-state index is 12.2. The molecule has 0 aliphatic rings. The van der Waals surface area contributed by atoms with Crippen LogP contribution in [0.5, 0.6) is 0 Å². The summed E-state index contributed by atoms with van der Waals surface area (Å²) in [5.74, 6) is -1.87. The van der Waals surface area contributed by atoms with Crippen molar-refractivity contribution in [2.75, 3.05) is 0 Å². The minimum atomic E-state index is -4.78. The number of aromatic carboxylic acids is 1. The Bertz CT molecular complexity index is 356. The minimum absolute atomic E-state index is 0.0858. The number of hydrogen-bond acceptors (Lipinski definition) is 3. The molecule has 1 aromatic heterocycles. The van der Waals surface area contributed by atoms with E-state index < -0.39 is 23.4 Å². The third-order valence-corrected chi connectivity index (χ3v) is 1.67. The molecular formula is C7H6F3N2O2-. The number of carbonyl (C=O) groups is 1. The van der Waals surface area contributed by atoms with Crippen LogP contribution in [0.4, 0.5) is 13.2 Å². The number of hydrogen-bond donors (Lipinski definition) is 1. The fraction of sp³-hybridized carbons (Fsp3) is 0.429. The van der Waals surface area contributed by atoms with Gasteiger partial charge in [-0.25, -0.2) is 0 Å². The number of aryl methyl sites for hydroxylation is 1. The zero-order valence-electron chi connectivity index (χ0n) is 7.10. The second-order valence-electron chi connectivity index (χ2n) is 2.56. The summed E-state index contributed by atoms with van der Waals surface area (Å²) in [5.41, 5.74) is -2.42. The molecule has 0 aliphatic heterocycles. The summed E-state index contributed by atoms with van der Waals surface area (Å²) in [4.78, 5) is 10.4. The summed E-state index contributed by atoms with van der Waals surface area (Å²) in [7, 11) is 0. The van der Waals surface area contributed by atoms with Gasteiger partial charge in [-0.3, -0.25) is 5.10 Å². The van der Waals surface area contributed by atoms with E-state index in [1.807, 2.05) is 5.10 Å². The molecule has 0 fully saturated rings. The van der Waals surface area contributed by atoms with Gasteiger partial charge in [0.25, 0.3) is 0 Å². The summed E-state index contributed by atoms with van der Waals surface area (Å²) in [6.45, 7) is 1.51. The summed E-state index contributed by atoms with van der Waals surface area (Å²) in [5, 5.41) is 15.4. The van der Waals surface area contributed by atoms with E-state index in [1.54, 1.807) is 0 Å². The third kappa shape index (κ3) is 1.70. The van der Waals surface area contributed by atoms with E-state index in [-0.39, 0.29) is 12.1 Å². The second-order valence-corrected chi connectivity index (χ2v) is 2.56. The lowest BCUT2D eigenvalue weighted by Gasteiger charge is -2.07. The van der Waals surface area contributed by atoms with Crippen molar-refractivity contribution in [3.8, 4) is 0 Å². The molecule has 4 nitrogen and oxygen atoms in total. The fourth-order valence-corrected chi connectivity index (χ4v) is 1.06. The number of H-pyrrole nitrogens is 1. The topological polar surface area (TPSA) is 68.8 Å². The van der Waals surface area contributed by atoms with Crippen molar-refractivity contribution < 1.29 is 23.1 Å². The average Bonchev–Trinajstić information content (AvgIpc) is 2.45. The maximum absolute atomic E-state index is 12.2. The smallest absolute Gasteiger partial charge is 0.435 e. The van der Waals surface area contributed by atoms with E-state index in [4.69, 9.17) is 0 Å². The molecule has 0 unspecified atom stereocenters. The normalized spacial score (nSPS) is 11.7. The molecule has 7 heteroatoms. The largest absolute Gasteiger partial charge is 0.545 e. The summed E-state index contributed by atoms with van der Waals surface area (Å²) >= 11 is 0. The van der Waals surface area contributed by atoms with Gasteiger partial charge >= 0.3 is 6.18 Å². The van der Waals surface area contributed by atoms with Crippen molar-refractivity contribution in [3.05, 3.63) is 17.0 Å². The molecule has 78 valence electrons. The quantitative estimate of drug-likeness (QED) is 0.760. The van der Waals surface area contributed by atoms with Crippen LogP contribution in [-0.2, 0) is 12.6 Å². The first-order valence-corrected chi connectivity index (χ1v) is 3.73. The number of carbonyl (C=O) groups excluding carboxylic acids is 1. The number of aromatic amines is 1. The number of nitrogens with one attached hydrogen (secondary N) is 1. The molecule has 14 heavy (non-hydrogen) atoms.